The zero-order valence-corrected chi connectivity index (χ0v) is 12.2. The maximum Gasteiger partial charge on any atom is 0.315 e. The van der Waals surface area contributed by atoms with Crippen LogP contribution in [0.3, 0.4) is 0 Å². The fraction of sp³-hybridized carbons (Fsp3) is 0.769. The van der Waals surface area contributed by atoms with E-state index in [-0.39, 0.29) is 18.9 Å². The lowest BCUT2D eigenvalue weighted by Crippen LogP contribution is -2.53. The summed E-state index contributed by atoms with van der Waals surface area (Å²) in [7, 11) is 1.53. The summed E-state index contributed by atoms with van der Waals surface area (Å²) in [4.78, 5) is 34.1. The number of carbonyl (C=O) groups is 3. The molecule has 4 N–H and O–H groups in total. The molecule has 21 heavy (non-hydrogen) atoms. The number of hydrogen-bond acceptors (Lipinski definition) is 4. The normalized spacial score (nSPS) is 16.2. The molecule has 0 aromatic heterocycles. The van der Waals surface area contributed by atoms with Crippen molar-refractivity contribution in [2.75, 3.05) is 26.8 Å². The van der Waals surface area contributed by atoms with Crippen molar-refractivity contribution in [1.29, 1.82) is 0 Å². The van der Waals surface area contributed by atoms with E-state index >= 15 is 0 Å². The minimum atomic E-state index is -0.936. The van der Waals surface area contributed by atoms with Gasteiger partial charge in [-0.15, -0.1) is 0 Å². The van der Waals surface area contributed by atoms with Gasteiger partial charge in [-0.3, -0.25) is 9.59 Å². The van der Waals surface area contributed by atoms with E-state index in [0.717, 1.165) is 12.8 Å². The first-order valence-electron chi connectivity index (χ1n) is 7.01. The van der Waals surface area contributed by atoms with Crippen LogP contribution in [0, 0.1) is 0 Å². The van der Waals surface area contributed by atoms with E-state index in [1.165, 1.54) is 7.11 Å². The molecule has 120 valence electrons. The maximum atomic E-state index is 11.8. The van der Waals surface area contributed by atoms with Gasteiger partial charge in [0.05, 0.1) is 25.1 Å². The SMILES string of the molecule is COCCNC(=O)CNC(=O)NC1(CC(=O)O)CCCC1. The Hall–Kier alpha value is -1.83. The van der Waals surface area contributed by atoms with Crippen molar-refractivity contribution in [1.82, 2.24) is 16.0 Å². The highest BCUT2D eigenvalue weighted by Gasteiger charge is 2.37. The van der Waals surface area contributed by atoms with E-state index in [2.05, 4.69) is 16.0 Å². The molecular weight excluding hydrogens is 278 g/mol. The van der Waals surface area contributed by atoms with Crippen molar-refractivity contribution in [3.63, 3.8) is 0 Å². The number of hydrogen-bond donors (Lipinski definition) is 4. The highest BCUT2D eigenvalue weighted by molar-refractivity contribution is 5.84. The predicted molar refractivity (Wildman–Crippen MR) is 74.9 cm³/mol. The first kappa shape index (κ1) is 17.2. The molecule has 0 aromatic rings. The van der Waals surface area contributed by atoms with Gasteiger partial charge >= 0.3 is 12.0 Å². The average Bonchev–Trinajstić information content (AvgIpc) is 2.84. The van der Waals surface area contributed by atoms with Gasteiger partial charge in [0, 0.05) is 13.7 Å². The number of ether oxygens (including phenoxy) is 1. The summed E-state index contributed by atoms with van der Waals surface area (Å²) in [5.41, 5.74) is -0.692. The van der Waals surface area contributed by atoms with Gasteiger partial charge in [-0.1, -0.05) is 12.8 Å². The second-order valence-electron chi connectivity index (χ2n) is 5.21. The Morgan fingerprint density at radius 2 is 1.86 bits per heavy atom. The number of nitrogens with one attached hydrogen (secondary N) is 3. The zero-order chi connectivity index (χ0) is 15.7. The molecule has 0 atom stereocenters. The molecule has 8 heteroatoms. The fourth-order valence-corrected chi connectivity index (χ4v) is 2.49. The number of amides is 3. The zero-order valence-electron chi connectivity index (χ0n) is 12.2. The van der Waals surface area contributed by atoms with Gasteiger partial charge < -0.3 is 25.8 Å². The Bertz CT molecular complexity index is 380. The first-order chi connectivity index (χ1) is 9.97. The second-order valence-corrected chi connectivity index (χ2v) is 5.21. The number of methoxy groups -OCH3 is 1. The predicted octanol–water partition coefficient (Wildman–Crippen LogP) is -0.164. The molecular formula is C13H23N3O5. The third kappa shape index (κ3) is 6.44. The Kier molecular flexibility index (Phi) is 6.93. The molecule has 3 amide bonds. The monoisotopic (exact) mass is 301 g/mol. The standard InChI is InChI=1S/C13H23N3O5/c1-21-7-6-14-10(17)9-15-12(20)16-13(8-11(18)19)4-2-3-5-13/h2-9H2,1H3,(H,14,17)(H,18,19)(H2,15,16,20). The molecule has 0 spiro atoms. The van der Waals surface area contributed by atoms with Crippen LogP contribution in [-0.2, 0) is 14.3 Å². The second kappa shape index (κ2) is 8.46. The quantitative estimate of drug-likeness (QED) is 0.465. The topological polar surface area (TPSA) is 117 Å². The van der Waals surface area contributed by atoms with Gasteiger partial charge in [-0.05, 0) is 12.8 Å². The molecule has 1 fully saturated rings. The Labute approximate surface area is 123 Å². The van der Waals surface area contributed by atoms with E-state index < -0.39 is 17.5 Å². The van der Waals surface area contributed by atoms with Crippen LogP contribution in [-0.4, -0.2) is 55.4 Å². The molecule has 0 heterocycles. The van der Waals surface area contributed by atoms with Crippen LogP contribution in [0.2, 0.25) is 0 Å². The van der Waals surface area contributed by atoms with Crippen LogP contribution in [0.15, 0.2) is 0 Å². The van der Waals surface area contributed by atoms with E-state index in [1.54, 1.807) is 0 Å². The van der Waals surface area contributed by atoms with Gasteiger partial charge in [0.15, 0.2) is 0 Å². The molecule has 1 aliphatic rings. The van der Waals surface area contributed by atoms with Crippen LogP contribution in [0.5, 0.6) is 0 Å². The van der Waals surface area contributed by atoms with E-state index in [0.29, 0.717) is 26.0 Å². The largest absolute Gasteiger partial charge is 0.481 e. The smallest absolute Gasteiger partial charge is 0.315 e. The van der Waals surface area contributed by atoms with Crippen molar-refractivity contribution in [3.8, 4) is 0 Å². The minimum Gasteiger partial charge on any atom is -0.481 e. The van der Waals surface area contributed by atoms with Crippen molar-refractivity contribution in [2.45, 2.75) is 37.6 Å². The average molecular weight is 301 g/mol. The lowest BCUT2D eigenvalue weighted by molar-refractivity contribution is -0.138. The molecule has 0 saturated heterocycles. The van der Waals surface area contributed by atoms with Crippen molar-refractivity contribution >= 4 is 17.9 Å². The summed E-state index contributed by atoms with van der Waals surface area (Å²) in [6, 6.07) is -0.514. The Balaban J connectivity index is 2.34. The van der Waals surface area contributed by atoms with Crippen molar-refractivity contribution < 1.29 is 24.2 Å². The summed E-state index contributed by atoms with van der Waals surface area (Å²) in [6.07, 6.45) is 2.98. The van der Waals surface area contributed by atoms with Gasteiger partial charge in [-0.25, -0.2) is 4.79 Å². The molecule has 0 bridgehead atoms. The van der Waals surface area contributed by atoms with Crippen LogP contribution < -0.4 is 16.0 Å². The first-order valence-corrected chi connectivity index (χ1v) is 7.01. The number of rotatable bonds is 8. The van der Waals surface area contributed by atoms with Crippen molar-refractivity contribution in [3.05, 3.63) is 0 Å². The molecule has 0 radical (unpaired) electrons. The van der Waals surface area contributed by atoms with Crippen LogP contribution in [0.4, 0.5) is 4.79 Å². The lowest BCUT2D eigenvalue weighted by atomic mass is 9.93. The summed E-state index contributed by atoms with van der Waals surface area (Å²) < 4.78 is 4.79. The summed E-state index contributed by atoms with van der Waals surface area (Å²) in [5, 5.41) is 16.7. The molecule has 1 saturated carbocycles. The van der Waals surface area contributed by atoms with E-state index in [9.17, 15) is 14.4 Å². The maximum absolute atomic E-state index is 11.8. The van der Waals surface area contributed by atoms with Crippen LogP contribution >= 0.6 is 0 Å². The minimum absolute atomic E-state index is 0.0968. The van der Waals surface area contributed by atoms with Gasteiger partial charge in [0.1, 0.15) is 0 Å². The third-order valence-electron chi connectivity index (χ3n) is 3.47. The Morgan fingerprint density at radius 3 is 2.43 bits per heavy atom. The summed E-state index contributed by atoms with van der Waals surface area (Å²) >= 11 is 0. The molecule has 1 rings (SSSR count). The molecule has 1 aliphatic carbocycles. The van der Waals surface area contributed by atoms with Gasteiger partial charge in [-0.2, -0.15) is 0 Å². The van der Waals surface area contributed by atoms with Gasteiger partial charge in [0.2, 0.25) is 5.91 Å². The lowest BCUT2D eigenvalue weighted by Gasteiger charge is -2.28. The number of carboxylic acid groups (broad SMARTS) is 1. The summed E-state index contributed by atoms with van der Waals surface area (Å²) in [6.45, 7) is 0.625. The van der Waals surface area contributed by atoms with Gasteiger partial charge in [0.25, 0.3) is 0 Å². The van der Waals surface area contributed by atoms with E-state index in [1.807, 2.05) is 0 Å². The fourth-order valence-electron chi connectivity index (χ4n) is 2.49. The van der Waals surface area contributed by atoms with Crippen LogP contribution in [0.1, 0.15) is 32.1 Å². The number of carboxylic acids is 1. The number of urea groups is 1. The molecule has 0 unspecified atom stereocenters. The van der Waals surface area contributed by atoms with Crippen molar-refractivity contribution in [2.24, 2.45) is 0 Å². The third-order valence-corrected chi connectivity index (χ3v) is 3.47. The molecule has 0 aliphatic heterocycles. The number of aliphatic carboxylic acids is 1. The molecule has 0 aromatic carbocycles. The molecule has 8 nitrogen and oxygen atoms in total. The summed E-state index contributed by atoms with van der Waals surface area (Å²) in [5.74, 6) is -1.25. The number of carbonyl (C=O) groups excluding carboxylic acids is 2. The Morgan fingerprint density at radius 1 is 1.19 bits per heavy atom. The highest BCUT2D eigenvalue weighted by Crippen LogP contribution is 2.32. The highest BCUT2D eigenvalue weighted by atomic mass is 16.5. The van der Waals surface area contributed by atoms with E-state index in [4.69, 9.17) is 9.84 Å². The van der Waals surface area contributed by atoms with Crippen LogP contribution in [0.25, 0.3) is 0 Å².